The van der Waals surface area contributed by atoms with E-state index in [0.717, 1.165) is 35.3 Å². The van der Waals surface area contributed by atoms with Gasteiger partial charge in [0.2, 0.25) is 0 Å². The summed E-state index contributed by atoms with van der Waals surface area (Å²) in [5.41, 5.74) is 3.56. The van der Waals surface area contributed by atoms with Crippen LogP contribution in [0, 0.1) is 5.21 Å². The van der Waals surface area contributed by atoms with E-state index in [1.165, 1.54) is 0 Å². The van der Waals surface area contributed by atoms with Gasteiger partial charge >= 0.3 is 6.09 Å². The molecule has 0 aliphatic carbocycles. The molecule has 142 valence electrons. The number of benzene rings is 2. The van der Waals surface area contributed by atoms with Crippen LogP contribution in [0.2, 0.25) is 0 Å². The highest BCUT2D eigenvalue weighted by atomic mass is 16.6. The summed E-state index contributed by atoms with van der Waals surface area (Å²) >= 11 is 0. The number of para-hydroxylation sites is 1. The number of carbonyl (C=O) groups is 1. The maximum absolute atomic E-state index is 12.7. The molecular weight excluding hydrogens is 342 g/mol. The van der Waals surface area contributed by atoms with Gasteiger partial charge in [0.25, 0.3) is 0 Å². The third-order valence-electron chi connectivity index (χ3n) is 5.97. The van der Waals surface area contributed by atoms with Gasteiger partial charge in [-0.1, -0.05) is 25.1 Å². The zero-order valence-electron chi connectivity index (χ0n) is 15.9. The van der Waals surface area contributed by atoms with Gasteiger partial charge in [0.1, 0.15) is 5.75 Å². The molecule has 1 saturated heterocycles. The lowest BCUT2D eigenvalue weighted by molar-refractivity contribution is -0.870. The van der Waals surface area contributed by atoms with E-state index in [0.29, 0.717) is 12.3 Å². The second-order valence-electron chi connectivity index (χ2n) is 7.84. The van der Waals surface area contributed by atoms with Gasteiger partial charge in [-0.05, 0) is 48.7 Å². The van der Waals surface area contributed by atoms with E-state index < -0.39 is 6.09 Å². The summed E-state index contributed by atoms with van der Waals surface area (Å²) in [6.45, 7) is 4.73. The van der Waals surface area contributed by atoms with Gasteiger partial charge in [0.15, 0.2) is 6.17 Å². The van der Waals surface area contributed by atoms with Crippen molar-refractivity contribution in [3.05, 3.63) is 58.8 Å². The van der Waals surface area contributed by atoms with Gasteiger partial charge in [0, 0.05) is 17.8 Å². The first-order valence-electron chi connectivity index (χ1n) is 9.37. The van der Waals surface area contributed by atoms with Gasteiger partial charge in [-0.25, -0.2) is 4.79 Å². The van der Waals surface area contributed by atoms with E-state index in [1.807, 2.05) is 43.3 Å². The summed E-state index contributed by atoms with van der Waals surface area (Å²) in [5.74, 6) is 0.482. The van der Waals surface area contributed by atoms with Crippen molar-refractivity contribution in [1.29, 1.82) is 0 Å². The van der Waals surface area contributed by atoms with Crippen molar-refractivity contribution in [3.8, 4) is 5.75 Å². The molecule has 0 saturated carbocycles. The topological polar surface area (TPSA) is 73.4 Å². The lowest BCUT2D eigenvalue weighted by Gasteiger charge is -2.41. The third kappa shape index (κ3) is 2.95. The summed E-state index contributed by atoms with van der Waals surface area (Å²) in [4.78, 5) is 12.4. The van der Waals surface area contributed by atoms with E-state index in [9.17, 15) is 10.0 Å². The number of nitrogens with one attached hydrogen (secondary N) is 2. The quantitative estimate of drug-likeness (QED) is 0.629. The first-order valence-corrected chi connectivity index (χ1v) is 9.37. The number of rotatable bonds is 3. The highest BCUT2D eigenvalue weighted by molar-refractivity contribution is 5.87. The number of hydrogen-bond donors (Lipinski definition) is 2. The van der Waals surface area contributed by atoms with Crippen LogP contribution in [0.1, 0.15) is 31.4 Å². The summed E-state index contributed by atoms with van der Waals surface area (Å²) in [6.07, 6.45) is 0.914. The Kier molecular flexibility index (Phi) is 4.13. The smallest absolute Gasteiger partial charge is 0.417 e. The molecular formula is C21H25N3O3. The van der Waals surface area contributed by atoms with E-state index in [4.69, 9.17) is 4.74 Å². The Morgan fingerprint density at radius 2 is 2.15 bits per heavy atom. The van der Waals surface area contributed by atoms with Gasteiger partial charge in [-0.2, -0.15) is 0 Å². The van der Waals surface area contributed by atoms with Crippen LogP contribution < -0.4 is 15.4 Å². The van der Waals surface area contributed by atoms with Gasteiger partial charge in [-0.15, -0.1) is 0 Å². The lowest BCUT2D eigenvalue weighted by atomic mass is 9.81. The standard InChI is InChI=1S/C21H25N3O3/c1-4-14-7-5-6-8-17(14)23-20(25)27-15-9-10-18-16(13-15)21(2)11-12-24(3,26)19(21)22-18/h5-10,13,19,22H,4,11-12H2,1-3H3,(H,23,25)/t19-,21-,24+/m0/s1. The van der Waals surface area contributed by atoms with Crippen molar-refractivity contribution in [1.82, 2.24) is 0 Å². The van der Waals surface area contributed by atoms with E-state index in [2.05, 4.69) is 17.6 Å². The molecule has 0 unspecified atom stereocenters. The molecule has 0 radical (unpaired) electrons. The highest BCUT2D eigenvalue weighted by Gasteiger charge is 2.55. The van der Waals surface area contributed by atoms with E-state index in [-0.39, 0.29) is 16.2 Å². The molecule has 2 N–H and O–H groups in total. The maximum atomic E-state index is 12.7. The largest absolute Gasteiger partial charge is 0.631 e. The minimum atomic E-state index is -0.514. The Hall–Kier alpha value is -2.57. The summed E-state index contributed by atoms with van der Waals surface area (Å²) < 4.78 is 5.23. The van der Waals surface area contributed by atoms with Crippen molar-refractivity contribution in [2.75, 3.05) is 24.2 Å². The Morgan fingerprint density at radius 1 is 1.37 bits per heavy atom. The molecule has 2 aliphatic heterocycles. The Bertz CT molecular complexity index is 896. The molecule has 0 spiro atoms. The van der Waals surface area contributed by atoms with Gasteiger partial charge in [-0.3, -0.25) is 5.32 Å². The normalized spacial score (nSPS) is 28.2. The number of fused-ring (bicyclic) bond motifs is 3. The zero-order valence-corrected chi connectivity index (χ0v) is 15.9. The van der Waals surface area contributed by atoms with Crippen LogP contribution in [0.5, 0.6) is 5.75 Å². The van der Waals surface area contributed by atoms with Crippen molar-refractivity contribution in [2.45, 2.75) is 38.3 Å². The van der Waals surface area contributed by atoms with Gasteiger partial charge < -0.3 is 19.9 Å². The third-order valence-corrected chi connectivity index (χ3v) is 5.97. The SMILES string of the molecule is CCc1ccccc1NC(=O)Oc1ccc2c(c1)[C@]1(C)CC[N@@+](C)([O-])[C@@H]1N2. The van der Waals surface area contributed by atoms with Crippen LogP contribution >= 0.6 is 0 Å². The predicted octanol–water partition coefficient (Wildman–Crippen LogP) is 4.22. The first kappa shape index (κ1) is 17.8. The Morgan fingerprint density at radius 3 is 2.93 bits per heavy atom. The van der Waals surface area contributed by atoms with Crippen molar-refractivity contribution < 1.29 is 14.2 Å². The minimum Gasteiger partial charge on any atom is -0.631 e. The molecule has 1 amide bonds. The van der Waals surface area contributed by atoms with Crippen molar-refractivity contribution >= 4 is 17.5 Å². The van der Waals surface area contributed by atoms with Crippen molar-refractivity contribution in [2.24, 2.45) is 0 Å². The fourth-order valence-corrected chi connectivity index (χ4v) is 4.43. The number of nitrogens with zero attached hydrogens (tertiary/aromatic N) is 1. The van der Waals surface area contributed by atoms with Crippen LogP contribution in [0.3, 0.4) is 0 Å². The monoisotopic (exact) mass is 367 g/mol. The van der Waals surface area contributed by atoms with Gasteiger partial charge in [0.05, 0.1) is 19.0 Å². The van der Waals surface area contributed by atoms with Crippen LogP contribution in [0.15, 0.2) is 42.5 Å². The molecule has 1 fully saturated rings. The molecule has 27 heavy (non-hydrogen) atoms. The number of likely N-dealkylation sites (N-methyl/N-ethyl adjacent to an activating group) is 1. The first-order chi connectivity index (χ1) is 12.8. The molecule has 2 aromatic rings. The van der Waals surface area contributed by atoms with E-state index >= 15 is 0 Å². The number of carbonyl (C=O) groups excluding carboxylic acids is 1. The molecule has 3 atom stereocenters. The molecule has 2 aromatic carbocycles. The number of ether oxygens (including phenoxy) is 1. The maximum Gasteiger partial charge on any atom is 0.417 e. The zero-order chi connectivity index (χ0) is 19.2. The second kappa shape index (κ2) is 6.25. The molecule has 2 aliphatic rings. The number of amides is 1. The minimum absolute atomic E-state index is 0.201. The number of aryl methyl sites for hydroxylation is 1. The van der Waals surface area contributed by atoms with Crippen LogP contribution in [0.25, 0.3) is 0 Å². The van der Waals surface area contributed by atoms with E-state index in [1.54, 1.807) is 13.1 Å². The molecule has 6 heteroatoms. The Balaban J connectivity index is 1.53. The number of quaternary nitrogens is 1. The fraction of sp³-hybridized carbons (Fsp3) is 0.381. The molecule has 6 nitrogen and oxygen atoms in total. The second-order valence-corrected chi connectivity index (χ2v) is 7.84. The number of likely N-dealkylation sites (tertiary alicyclic amines) is 1. The summed E-state index contributed by atoms with van der Waals surface area (Å²) in [7, 11) is 1.71. The van der Waals surface area contributed by atoms with Crippen molar-refractivity contribution in [3.63, 3.8) is 0 Å². The fourth-order valence-electron chi connectivity index (χ4n) is 4.43. The molecule has 2 heterocycles. The number of anilines is 2. The molecule has 0 aromatic heterocycles. The van der Waals surface area contributed by atoms with Crippen LogP contribution in [0.4, 0.5) is 16.2 Å². The highest BCUT2D eigenvalue weighted by Crippen LogP contribution is 2.51. The average Bonchev–Trinajstić information content (AvgIpc) is 3.06. The number of hydrogen-bond acceptors (Lipinski definition) is 4. The predicted molar refractivity (Wildman–Crippen MR) is 106 cm³/mol. The Labute approximate surface area is 159 Å². The molecule has 0 bridgehead atoms. The number of hydroxylamine groups is 3. The average molecular weight is 367 g/mol. The van der Waals surface area contributed by atoms with Crippen LogP contribution in [-0.4, -0.2) is 30.5 Å². The van der Waals surface area contributed by atoms with Crippen LogP contribution in [-0.2, 0) is 11.8 Å². The lowest BCUT2D eigenvalue weighted by Crippen LogP contribution is -2.50. The summed E-state index contributed by atoms with van der Waals surface area (Å²) in [5, 5.41) is 18.9. The molecule has 4 rings (SSSR count). The summed E-state index contributed by atoms with van der Waals surface area (Å²) in [6, 6.07) is 13.2.